The molecule has 3 nitrogen and oxygen atoms in total. The van der Waals surface area contributed by atoms with Crippen molar-refractivity contribution in [3.63, 3.8) is 0 Å². The zero-order valence-electron chi connectivity index (χ0n) is 15.5. The van der Waals surface area contributed by atoms with Gasteiger partial charge in [0.15, 0.2) is 0 Å². The number of para-hydroxylation sites is 1. The molecular weight excluding hydrogens is 363 g/mol. The molecule has 6 heteroatoms. The summed E-state index contributed by atoms with van der Waals surface area (Å²) >= 11 is 0. The molecule has 0 unspecified atom stereocenters. The Kier molecular flexibility index (Phi) is 5.33. The van der Waals surface area contributed by atoms with Gasteiger partial charge in [0.25, 0.3) is 0 Å². The van der Waals surface area contributed by atoms with Gasteiger partial charge < -0.3 is 0 Å². The molecule has 4 rings (SSSR count). The summed E-state index contributed by atoms with van der Waals surface area (Å²) in [6.07, 6.45) is -2.47. The number of aromatic nitrogens is 1. The summed E-state index contributed by atoms with van der Waals surface area (Å²) in [6.45, 7) is 4.85. The van der Waals surface area contributed by atoms with Gasteiger partial charge in [0.2, 0.25) is 0 Å². The molecule has 1 aliphatic heterocycles. The third kappa shape index (κ3) is 4.34. The number of pyridine rings is 1. The lowest BCUT2D eigenvalue weighted by Crippen LogP contribution is -2.45. The summed E-state index contributed by atoms with van der Waals surface area (Å²) in [5.41, 5.74) is 2.38. The number of benzene rings is 2. The number of halogens is 3. The lowest BCUT2D eigenvalue weighted by molar-refractivity contribution is -0.137. The van der Waals surface area contributed by atoms with Crippen molar-refractivity contribution in [2.45, 2.75) is 19.3 Å². The van der Waals surface area contributed by atoms with Gasteiger partial charge in [0.1, 0.15) is 0 Å². The van der Waals surface area contributed by atoms with E-state index in [-0.39, 0.29) is 0 Å². The van der Waals surface area contributed by atoms with Crippen LogP contribution in [0.25, 0.3) is 10.9 Å². The van der Waals surface area contributed by atoms with Gasteiger partial charge in [-0.3, -0.25) is 14.8 Å². The van der Waals surface area contributed by atoms with Crippen LogP contribution in [-0.4, -0.2) is 41.0 Å². The molecule has 0 bridgehead atoms. The fourth-order valence-electron chi connectivity index (χ4n) is 3.75. The van der Waals surface area contributed by atoms with E-state index in [1.165, 1.54) is 17.7 Å². The second kappa shape index (κ2) is 7.89. The molecule has 0 saturated carbocycles. The molecule has 1 fully saturated rings. The van der Waals surface area contributed by atoms with Crippen molar-refractivity contribution < 1.29 is 13.2 Å². The summed E-state index contributed by atoms with van der Waals surface area (Å²) in [4.78, 5) is 9.11. The summed E-state index contributed by atoms with van der Waals surface area (Å²) in [7, 11) is 0. The van der Waals surface area contributed by atoms with Gasteiger partial charge in [-0.2, -0.15) is 13.2 Å². The van der Waals surface area contributed by atoms with E-state index in [2.05, 4.69) is 39.0 Å². The zero-order valence-corrected chi connectivity index (χ0v) is 15.5. The SMILES string of the molecule is FC(F)(F)c1cccc(CN2CCN(Cc3cccc4cccnc34)CC2)c1. The Bertz CT molecular complexity index is 942. The maximum Gasteiger partial charge on any atom is 0.416 e. The van der Waals surface area contributed by atoms with Crippen LogP contribution in [0.4, 0.5) is 13.2 Å². The van der Waals surface area contributed by atoms with Crippen LogP contribution in [0.5, 0.6) is 0 Å². The molecule has 1 saturated heterocycles. The van der Waals surface area contributed by atoms with Gasteiger partial charge in [-0.15, -0.1) is 0 Å². The second-order valence-electron chi connectivity index (χ2n) is 7.24. The Morgan fingerprint density at radius 2 is 1.50 bits per heavy atom. The molecule has 2 aromatic carbocycles. The highest BCUT2D eigenvalue weighted by Crippen LogP contribution is 2.30. The van der Waals surface area contributed by atoms with Crippen molar-refractivity contribution in [1.82, 2.24) is 14.8 Å². The van der Waals surface area contributed by atoms with Gasteiger partial charge in [-0.05, 0) is 23.3 Å². The van der Waals surface area contributed by atoms with Crippen LogP contribution in [0.1, 0.15) is 16.7 Å². The smallest absolute Gasteiger partial charge is 0.297 e. The third-order valence-electron chi connectivity index (χ3n) is 5.24. The normalized spacial score (nSPS) is 16.5. The van der Waals surface area contributed by atoms with Crippen molar-refractivity contribution >= 4 is 10.9 Å². The number of hydrogen-bond acceptors (Lipinski definition) is 3. The van der Waals surface area contributed by atoms with Gasteiger partial charge >= 0.3 is 6.18 Å². The predicted molar refractivity (Wildman–Crippen MR) is 104 cm³/mol. The van der Waals surface area contributed by atoms with Gasteiger partial charge in [0.05, 0.1) is 11.1 Å². The van der Waals surface area contributed by atoms with E-state index in [1.54, 1.807) is 6.07 Å². The topological polar surface area (TPSA) is 19.4 Å². The maximum absolute atomic E-state index is 12.9. The lowest BCUT2D eigenvalue weighted by atomic mass is 10.1. The molecule has 0 spiro atoms. The largest absolute Gasteiger partial charge is 0.416 e. The molecule has 2 heterocycles. The standard InChI is InChI=1S/C22H22F3N3/c23-22(24,25)20-8-1-4-17(14-20)15-27-10-12-28(13-11-27)16-19-6-2-5-18-7-3-9-26-21(18)19/h1-9,14H,10-13,15-16H2. The van der Waals surface area contributed by atoms with Crippen molar-refractivity contribution in [2.24, 2.45) is 0 Å². The van der Waals surface area contributed by atoms with Crippen LogP contribution >= 0.6 is 0 Å². The number of alkyl halides is 3. The number of hydrogen-bond donors (Lipinski definition) is 0. The minimum absolute atomic E-state index is 0.549. The van der Waals surface area contributed by atoms with E-state index in [0.717, 1.165) is 49.7 Å². The highest BCUT2D eigenvalue weighted by Gasteiger charge is 2.30. The molecular formula is C22H22F3N3. The predicted octanol–water partition coefficient (Wildman–Crippen LogP) is 4.57. The highest BCUT2D eigenvalue weighted by atomic mass is 19.4. The molecule has 0 aliphatic carbocycles. The zero-order chi connectivity index (χ0) is 19.6. The molecule has 0 amide bonds. The Morgan fingerprint density at radius 1 is 0.821 bits per heavy atom. The first-order chi connectivity index (χ1) is 13.5. The van der Waals surface area contributed by atoms with Crippen molar-refractivity contribution in [3.8, 4) is 0 Å². The van der Waals surface area contributed by atoms with E-state index in [1.807, 2.05) is 12.3 Å². The van der Waals surface area contributed by atoms with Crippen LogP contribution in [0, 0.1) is 0 Å². The van der Waals surface area contributed by atoms with Crippen LogP contribution in [0.15, 0.2) is 60.8 Å². The average molecular weight is 385 g/mol. The Morgan fingerprint density at radius 3 is 2.25 bits per heavy atom. The van der Waals surface area contributed by atoms with Gasteiger partial charge in [0, 0.05) is 50.9 Å². The van der Waals surface area contributed by atoms with E-state index in [0.29, 0.717) is 12.1 Å². The van der Waals surface area contributed by atoms with E-state index < -0.39 is 11.7 Å². The van der Waals surface area contributed by atoms with Crippen LogP contribution < -0.4 is 0 Å². The number of nitrogens with zero attached hydrogens (tertiary/aromatic N) is 3. The van der Waals surface area contributed by atoms with Crippen molar-refractivity contribution in [2.75, 3.05) is 26.2 Å². The molecule has 0 atom stereocenters. The number of fused-ring (bicyclic) bond motifs is 1. The Hall–Kier alpha value is -2.44. The van der Waals surface area contributed by atoms with E-state index in [4.69, 9.17) is 0 Å². The Balaban J connectivity index is 1.36. The highest BCUT2D eigenvalue weighted by molar-refractivity contribution is 5.81. The van der Waals surface area contributed by atoms with Gasteiger partial charge in [-0.1, -0.05) is 42.5 Å². The van der Waals surface area contributed by atoms with Crippen LogP contribution in [0.2, 0.25) is 0 Å². The number of rotatable bonds is 4. The maximum atomic E-state index is 12.9. The van der Waals surface area contributed by atoms with E-state index >= 15 is 0 Å². The monoisotopic (exact) mass is 385 g/mol. The number of piperazine rings is 1. The summed E-state index contributed by atoms with van der Waals surface area (Å²) < 4.78 is 38.7. The minimum atomic E-state index is -4.29. The molecule has 0 N–H and O–H groups in total. The lowest BCUT2D eigenvalue weighted by Gasteiger charge is -2.35. The third-order valence-corrected chi connectivity index (χ3v) is 5.24. The second-order valence-corrected chi connectivity index (χ2v) is 7.24. The molecule has 1 aromatic heterocycles. The molecule has 1 aliphatic rings. The van der Waals surface area contributed by atoms with Crippen molar-refractivity contribution in [3.05, 3.63) is 77.5 Å². The first-order valence-corrected chi connectivity index (χ1v) is 9.42. The molecule has 0 radical (unpaired) electrons. The Labute approximate surface area is 162 Å². The van der Waals surface area contributed by atoms with Gasteiger partial charge in [-0.25, -0.2) is 0 Å². The van der Waals surface area contributed by atoms with Crippen LogP contribution in [0.3, 0.4) is 0 Å². The van der Waals surface area contributed by atoms with Crippen LogP contribution in [-0.2, 0) is 19.3 Å². The van der Waals surface area contributed by atoms with E-state index in [9.17, 15) is 13.2 Å². The quantitative estimate of drug-likeness (QED) is 0.656. The minimum Gasteiger partial charge on any atom is -0.297 e. The summed E-state index contributed by atoms with van der Waals surface area (Å²) in [6, 6.07) is 15.9. The molecule has 3 aromatic rings. The average Bonchev–Trinajstić information content (AvgIpc) is 2.69. The molecule has 146 valence electrons. The first-order valence-electron chi connectivity index (χ1n) is 9.42. The summed E-state index contributed by atoms with van der Waals surface area (Å²) in [5, 5.41) is 1.14. The molecule has 28 heavy (non-hydrogen) atoms. The summed E-state index contributed by atoms with van der Waals surface area (Å²) in [5.74, 6) is 0. The van der Waals surface area contributed by atoms with Crippen molar-refractivity contribution in [1.29, 1.82) is 0 Å². The first kappa shape index (κ1) is 18.9. The fraction of sp³-hybridized carbons (Fsp3) is 0.318. The fourth-order valence-corrected chi connectivity index (χ4v) is 3.75.